The number of aryl methyl sites for hydroxylation is 1. The molecule has 2 N–H and O–H groups in total. The van der Waals surface area contributed by atoms with E-state index in [4.69, 9.17) is 10.7 Å². The van der Waals surface area contributed by atoms with Gasteiger partial charge in [-0.05, 0) is 37.8 Å². The molecule has 4 rings (SSSR count). The number of nitrogens with zero attached hydrogens (tertiary/aromatic N) is 4. The van der Waals surface area contributed by atoms with E-state index in [0.717, 1.165) is 55.6 Å². The van der Waals surface area contributed by atoms with E-state index in [-0.39, 0.29) is 11.8 Å². The van der Waals surface area contributed by atoms with E-state index in [1.54, 1.807) is 4.90 Å². The number of amides is 3. The highest BCUT2D eigenvalue weighted by Crippen LogP contribution is 2.30. The van der Waals surface area contributed by atoms with Crippen molar-refractivity contribution in [1.29, 1.82) is 0 Å². The lowest BCUT2D eigenvalue weighted by molar-refractivity contribution is -0.138. The number of piperidine rings is 2. The third kappa shape index (κ3) is 3.38. The minimum absolute atomic E-state index is 0.112. The number of fused-ring (bicyclic) bond motifs is 1. The van der Waals surface area contributed by atoms with Gasteiger partial charge in [-0.3, -0.25) is 4.79 Å². The summed E-state index contributed by atoms with van der Waals surface area (Å²) in [7, 11) is 2.07. The first-order chi connectivity index (χ1) is 13.0. The molecule has 144 valence electrons. The summed E-state index contributed by atoms with van der Waals surface area (Å²) in [6, 6.07) is 7.77. The van der Waals surface area contributed by atoms with Gasteiger partial charge in [0.25, 0.3) is 0 Å². The van der Waals surface area contributed by atoms with Crippen molar-refractivity contribution in [2.45, 2.75) is 31.6 Å². The summed E-state index contributed by atoms with van der Waals surface area (Å²) in [6.07, 6.45) is 3.53. The quantitative estimate of drug-likeness (QED) is 0.879. The van der Waals surface area contributed by atoms with Crippen LogP contribution in [0.1, 0.15) is 37.4 Å². The van der Waals surface area contributed by atoms with E-state index in [2.05, 4.69) is 17.7 Å². The van der Waals surface area contributed by atoms with Crippen molar-refractivity contribution in [3.63, 3.8) is 0 Å². The number of nitrogens with two attached hydrogens (primary N) is 1. The molecule has 2 fully saturated rings. The Morgan fingerprint density at radius 3 is 2.52 bits per heavy atom. The summed E-state index contributed by atoms with van der Waals surface area (Å²) < 4.78 is 2.18. The molecular formula is C20H27N5O2. The van der Waals surface area contributed by atoms with Crippen molar-refractivity contribution >= 4 is 23.0 Å². The van der Waals surface area contributed by atoms with Crippen LogP contribution in [0.3, 0.4) is 0 Å². The molecule has 0 spiro atoms. The average Bonchev–Trinajstić information content (AvgIpc) is 3.04. The average molecular weight is 369 g/mol. The van der Waals surface area contributed by atoms with Crippen LogP contribution in [0.5, 0.6) is 0 Å². The molecule has 7 nitrogen and oxygen atoms in total. The van der Waals surface area contributed by atoms with Crippen LogP contribution >= 0.6 is 0 Å². The number of rotatable bonds is 2. The van der Waals surface area contributed by atoms with Gasteiger partial charge in [0.15, 0.2) is 0 Å². The predicted octanol–water partition coefficient (Wildman–Crippen LogP) is 2.07. The maximum atomic E-state index is 12.9. The molecular weight excluding hydrogens is 342 g/mol. The van der Waals surface area contributed by atoms with Gasteiger partial charge in [-0.25, -0.2) is 9.78 Å². The molecule has 0 aliphatic carbocycles. The summed E-state index contributed by atoms with van der Waals surface area (Å²) in [5.74, 6) is 1.55. The van der Waals surface area contributed by atoms with Crippen LogP contribution < -0.4 is 5.73 Å². The van der Waals surface area contributed by atoms with Gasteiger partial charge in [0, 0.05) is 39.1 Å². The number of primary amides is 1. The van der Waals surface area contributed by atoms with Crippen LogP contribution in [0, 0.1) is 5.92 Å². The van der Waals surface area contributed by atoms with Crippen molar-refractivity contribution < 1.29 is 9.59 Å². The molecule has 2 aliphatic heterocycles. The molecule has 27 heavy (non-hydrogen) atoms. The highest BCUT2D eigenvalue weighted by molar-refractivity contribution is 5.81. The Morgan fingerprint density at radius 1 is 1.07 bits per heavy atom. The highest BCUT2D eigenvalue weighted by Gasteiger charge is 2.33. The summed E-state index contributed by atoms with van der Waals surface area (Å²) >= 11 is 0. The Labute approximate surface area is 159 Å². The summed E-state index contributed by atoms with van der Waals surface area (Å²) in [5, 5.41) is 0. The number of aromatic nitrogens is 2. The van der Waals surface area contributed by atoms with Crippen LogP contribution in [0.4, 0.5) is 4.79 Å². The Kier molecular flexibility index (Phi) is 4.76. The van der Waals surface area contributed by atoms with Gasteiger partial charge in [-0.1, -0.05) is 12.1 Å². The second-order valence-corrected chi connectivity index (χ2v) is 7.74. The topological polar surface area (TPSA) is 84.5 Å². The molecule has 2 aliphatic rings. The van der Waals surface area contributed by atoms with E-state index < -0.39 is 6.03 Å². The van der Waals surface area contributed by atoms with Crippen LogP contribution in [-0.4, -0.2) is 57.5 Å². The van der Waals surface area contributed by atoms with Gasteiger partial charge in [-0.2, -0.15) is 0 Å². The number of carbonyl (C=O) groups excluding carboxylic acids is 2. The molecule has 0 unspecified atom stereocenters. The fraction of sp³-hybridized carbons (Fsp3) is 0.550. The van der Waals surface area contributed by atoms with Gasteiger partial charge in [0.1, 0.15) is 5.82 Å². The molecule has 7 heteroatoms. The Balaban J connectivity index is 1.40. The van der Waals surface area contributed by atoms with E-state index in [1.807, 2.05) is 23.1 Å². The van der Waals surface area contributed by atoms with Crippen molar-refractivity contribution in [1.82, 2.24) is 19.4 Å². The maximum Gasteiger partial charge on any atom is 0.314 e. The van der Waals surface area contributed by atoms with Gasteiger partial charge in [0.2, 0.25) is 5.91 Å². The molecule has 0 saturated carbocycles. The Morgan fingerprint density at radius 2 is 1.81 bits per heavy atom. The number of para-hydroxylation sites is 2. The molecule has 2 aromatic rings. The van der Waals surface area contributed by atoms with Crippen molar-refractivity contribution in [3.05, 3.63) is 30.1 Å². The summed E-state index contributed by atoms with van der Waals surface area (Å²) in [6.45, 7) is 2.62. The van der Waals surface area contributed by atoms with Crippen molar-refractivity contribution in [3.8, 4) is 0 Å². The van der Waals surface area contributed by atoms with Crippen molar-refractivity contribution in [2.75, 3.05) is 26.2 Å². The normalized spacial score (nSPS) is 21.6. The summed E-state index contributed by atoms with van der Waals surface area (Å²) in [5.41, 5.74) is 7.57. The fourth-order valence-corrected chi connectivity index (χ4v) is 4.52. The van der Waals surface area contributed by atoms with E-state index in [0.29, 0.717) is 19.0 Å². The first-order valence-electron chi connectivity index (χ1n) is 9.79. The second-order valence-electron chi connectivity index (χ2n) is 7.74. The molecule has 0 radical (unpaired) electrons. The van der Waals surface area contributed by atoms with Crippen LogP contribution in [0.15, 0.2) is 24.3 Å². The molecule has 1 atom stereocenters. The largest absolute Gasteiger partial charge is 0.351 e. The molecule has 3 heterocycles. The number of likely N-dealkylation sites (tertiary alicyclic amines) is 2. The lowest BCUT2D eigenvalue weighted by Gasteiger charge is -2.37. The van der Waals surface area contributed by atoms with E-state index in [1.165, 1.54) is 0 Å². The van der Waals surface area contributed by atoms with E-state index in [9.17, 15) is 9.59 Å². The SMILES string of the molecule is Cn1c(C2CCN(C(=O)[C@H]3CCCN(C(N)=O)C3)CC2)nc2ccccc21. The lowest BCUT2D eigenvalue weighted by Crippen LogP contribution is -2.49. The first-order valence-corrected chi connectivity index (χ1v) is 9.79. The molecule has 0 bridgehead atoms. The number of imidazole rings is 1. The molecule has 1 aromatic heterocycles. The fourth-order valence-electron chi connectivity index (χ4n) is 4.52. The van der Waals surface area contributed by atoms with Crippen LogP contribution in [-0.2, 0) is 11.8 Å². The zero-order chi connectivity index (χ0) is 19.0. The predicted molar refractivity (Wildman–Crippen MR) is 103 cm³/mol. The van der Waals surface area contributed by atoms with Gasteiger partial charge in [0.05, 0.1) is 17.0 Å². The van der Waals surface area contributed by atoms with Crippen LogP contribution in [0.25, 0.3) is 11.0 Å². The lowest BCUT2D eigenvalue weighted by atomic mass is 9.92. The smallest absolute Gasteiger partial charge is 0.314 e. The highest BCUT2D eigenvalue weighted by atomic mass is 16.2. The van der Waals surface area contributed by atoms with E-state index >= 15 is 0 Å². The third-order valence-electron chi connectivity index (χ3n) is 6.08. The van der Waals surface area contributed by atoms with Gasteiger partial charge >= 0.3 is 6.03 Å². The minimum atomic E-state index is -0.423. The van der Waals surface area contributed by atoms with Crippen LogP contribution in [0.2, 0.25) is 0 Å². The Bertz CT molecular complexity index is 853. The number of carbonyl (C=O) groups is 2. The monoisotopic (exact) mass is 369 g/mol. The minimum Gasteiger partial charge on any atom is -0.351 e. The number of hydrogen-bond acceptors (Lipinski definition) is 3. The molecule has 2 saturated heterocycles. The molecule has 1 aromatic carbocycles. The van der Waals surface area contributed by atoms with Gasteiger partial charge in [-0.15, -0.1) is 0 Å². The number of benzene rings is 1. The standard InChI is InChI=1S/C20H27N5O2/c1-23-17-7-3-2-6-16(17)22-18(23)14-8-11-24(12-9-14)19(26)15-5-4-10-25(13-15)20(21)27/h2-3,6-7,14-15H,4-5,8-13H2,1H3,(H2,21,27)/t15-/m0/s1. The number of hydrogen-bond donors (Lipinski definition) is 1. The maximum absolute atomic E-state index is 12.9. The van der Waals surface area contributed by atoms with Crippen molar-refractivity contribution in [2.24, 2.45) is 18.7 Å². The zero-order valence-electron chi connectivity index (χ0n) is 15.8. The molecule has 3 amide bonds. The number of urea groups is 1. The first kappa shape index (κ1) is 17.8. The summed E-state index contributed by atoms with van der Waals surface area (Å²) in [4.78, 5) is 32.7. The third-order valence-corrected chi connectivity index (χ3v) is 6.08. The zero-order valence-corrected chi connectivity index (χ0v) is 15.8. The second kappa shape index (κ2) is 7.21. The Hall–Kier alpha value is -2.57. The van der Waals surface area contributed by atoms with Gasteiger partial charge < -0.3 is 20.1 Å².